The van der Waals surface area contributed by atoms with Crippen LogP contribution in [0.3, 0.4) is 0 Å². The average Bonchev–Trinajstić information content (AvgIpc) is 2.38. The van der Waals surface area contributed by atoms with Gasteiger partial charge in [0.05, 0.1) is 6.20 Å². The summed E-state index contributed by atoms with van der Waals surface area (Å²) < 4.78 is 54.5. The van der Waals surface area contributed by atoms with Crippen molar-refractivity contribution in [1.29, 1.82) is 0 Å². The van der Waals surface area contributed by atoms with E-state index in [1.807, 2.05) is 0 Å². The highest BCUT2D eigenvalue weighted by molar-refractivity contribution is 5.68. The lowest BCUT2D eigenvalue weighted by atomic mass is 10.1. The van der Waals surface area contributed by atoms with Gasteiger partial charge in [-0.25, -0.2) is 14.4 Å². The van der Waals surface area contributed by atoms with E-state index in [4.69, 9.17) is 0 Å². The first kappa shape index (κ1) is 14.0. The number of benzene rings is 1. The van der Waals surface area contributed by atoms with Gasteiger partial charge in [-0.1, -0.05) is 12.1 Å². The van der Waals surface area contributed by atoms with Crippen molar-refractivity contribution in [3.05, 3.63) is 36.3 Å². The third-order valence-corrected chi connectivity index (χ3v) is 2.34. The molecular formula is C12H9F4N3O. The fraction of sp³-hybridized carbons (Fsp3) is 0.167. The molecule has 106 valence electrons. The van der Waals surface area contributed by atoms with Crippen LogP contribution in [0.2, 0.25) is 0 Å². The zero-order chi connectivity index (χ0) is 14.8. The number of hydrogen-bond donors (Lipinski definition) is 1. The Morgan fingerprint density at radius 1 is 1.20 bits per heavy atom. The lowest BCUT2D eigenvalue weighted by molar-refractivity contribution is -0.274. The molecule has 0 aliphatic heterocycles. The molecule has 0 amide bonds. The number of nitrogens with zero attached hydrogens (tertiary/aromatic N) is 2. The van der Waals surface area contributed by atoms with Crippen molar-refractivity contribution in [2.75, 3.05) is 12.4 Å². The normalized spacial score (nSPS) is 11.2. The maximum Gasteiger partial charge on any atom is 0.573 e. The first-order valence-corrected chi connectivity index (χ1v) is 5.46. The van der Waals surface area contributed by atoms with Crippen molar-refractivity contribution in [3.8, 4) is 17.0 Å². The van der Waals surface area contributed by atoms with Gasteiger partial charge >= 0.3 is 6.36 Å². The molecule has 8 heteroatoms. The number of aromatic nitrogens is 2. The van der Waals surface area contributed by atoms with Gasteiger partial charge in [0.1, 0.15) is 11.4 Å². The molecule has 1 aromatic heterocycles. The smallest absolute Gasteiger partial charge is 0.405 e. The second kappa shape index (κ2) is 5.32. The van der Waals surface area contributed by atoms with Gasteiger partial charge in [-0.15, -0.1) is 13.2 Å². The van der Waals surface area contributed by atoms with E-state index < -0.39 is 17.9 Å². The Labute approximate surface area is 111 Å². The summed E-state index contributed by atoms with van der Waals surface area (Å²) in [4.78, 5) is 7.43. The molecular weight excluding hydrogens is 278 g/mol. The number of rotatable bonds is 3. The predicted molar refractivity (Wildman–Crippen MR) is 63.7 cm³/mol. The van der Waals surface area contributed by atoms with Crippen molar-refractivity contribution in [2.24, 2.45) is 0 Å². The Bertz CT molecular complexity index is 616. The summed E-state index contributed by atoms with van der Waals surface area (Å²) >= 11 is 0. The number of anilines is 1. The molecule has 0 saturated heterocycles. The van der Waals surface area contributed by atoms with Crippen molar-refractivity contribution < 1.29 is 22.3 Å². The largest absolute Gasteiger partial charge is 0.573 e. The van der Waals surface area contributed by atoms with E-state index >= 15 is 0 Å². The number of halogens is 4. The maximum atomic E-state index is 13.7. The molecule has 4 nitrogen and oxygen atoms in total. The van der Waals surface area contributed by atoms with Gasteiger partial charge in [-0.2, -0.15) is 0 Å². The third-order valence-electron chi connectivity index (χ3n) is 2.34. The maximum absolute atomic E-state index is 13.7. The molecule has 0 atom stereocenters. The minimum absolute atomic E-state index is 0.0863. The van der Waals surface area contributed by atoms with E-state index in [0.717, 1.165) is 12.3 Å². The molecule has 0 aliphatic rings. The van der Waals surface area contributed by atoms with Crippen LogP contribution in [0.5, 0.6) is 5.75 Å². The number of alkyl halides is 3. The molecule has 0 saturated carbocycles. The summed E-state index contributed by atoms with van der Waals surface area (Å²) in [6.45, 7) is 0. The quantitative estimate of drug-likeness (QED) is 0.880. The lowest BCUT2D eigenvalue weighted by Crippen LogP contribution is -2.17. The summed E-state index contributed by atoms with van der Waals surface area (Å²) in [5, 5.41) is 2.58. The average molecular weight is 287 g/mol. The lowest BCUT2D eigenvalue weighted by Gasteiger charge is -2.13. The van der Waals surface area contributed by atoms with Gasteiger partial charge in [-0.05, 0) is 12.1 Å². The van der Waals surface area contributed by atoms with Crippen LogP contribution in [0.25, 0.3) is 11.3 Å². The molecule has 1 aromatic carbocycles. The van der Waals surface area contributed by atoms with Crippen molar-refractivity contribution in [1.82, 2.24) is 9.97 Å². The van der Waals surface area contributed by atoms with Gasteiger partial charge in [0.25, 0.3) is 0 Å². The summed E-state index contributed by atoms with van der Waals surface area (Å²) in [5.74, 6) is -1.29. The second-order valence-electron chi connectivity index (χ2n) is 3.68. The molecule has 2 rings (SSSR count). The highest BCUT2D eigenvalue weighted by Crippen LogP contribution is 2.33. The van der Waals surface area contributed by atoms with Crippen LogP contribution >= 0.6 is 0 Å². The number of ether oxygens (including phenoxy) is 1. The van der Waals surface area contributed by atoms with Gasteiger partial charge in [-0.3, -0.25) is 0 Å². The topological polar surface area (TPSA) is 47.0 Å². The molecule has 0 bridgehead atoms. The Hall–Kier alpha value is -2.38. The van der Waals surface area contributed by atoms with Gasteiger partial charge in [0.15, 0.2) is 5.82 Å². The zero-order valence-electron chi connectivity index (χ0n) is 10.2. The zero-order valence-corrected chi connectivity index (χ0v) is 10.2. The molecule has 1 heterocycles. The van der Waals surface area contributed by atoms with Crippen LogP contribution in [-0.4, -0.2) is 23.4 Å². The molecule has 1 N–H and O–H groups in total. The molecule has 20 heavy (non-hydrogen) atoms. The molecule has 0 fully saturated rings. The van der Waals surface area contributed by atoms with Crippen LogP contribution in [-0.2, 0) is 0 Å². The number of hydrogen-bond acceptors (Lipinski definition) is 4. The van der Waals surface area contributed by atoms with E-state index in [2.05, 4.69) is 20.0 Å². The van der Waals surface area contributed by atoms with E-state index in [1.165, 1.54) is 25.2 Å². The van der Waals surface area contributed by atoms with E-state index in [-0.39, 0.29) is 17.2 Å². The molecule has 0 aliphatic carbocycles. The Balaban J connectivity index is 2.52. The fourth-order valence-corrected chi connectivity index (χ4v) is 1.55. The van der Waals surface area contributed by atoms with E-state index in [9.17, 15) is 17.6 Å². The molecule has 0 unspecified atom stereocenters. The second-order valence-corrected chi connectivity index (χ2v) is 3.68. The number of para-hydroxylation sites is 1. The van der Waals surface area contributed by atoms with Crippen LogP contribution in [0.15, 0.2) is 30.5 Å². The van der Waals surface area contributed by atoms with Crippen LogP contribution in [0.1, 0.15) is 0 Å². The monoisotopic (exact) mass is 287 g/mol. The van der Waals surface area contributed by atoms with Crippen molar-refractivity contribution in [2.45, 2.75) is 6.36 Å². The van der Waals surface area contributed by atoms with Crippen molar-refractivity contribution in [3.63, 3.8) is 0 Å². The predicted octanol–water partition coefficient (Wildman–Crippen LogP) is 3.22. The molecule has 2 aromatic rings. The van der Waals surface area contributed by atoms with Gasteiger partial charge in [0.2, 0.25) is 5.95 Å². The minimum atomic E-state index is -4.87. The number of nitrogens with one attached hydrogen (secondary N) is 1. The van der Waals surface area contributed by atoms with Crippen molar-refractivity contribution >= 4 is 5.95 Å². The Morgan fingerprint density at radius 2 is 1.90 bits per heavy atom. The summed E-state index contributed by atoms with van der Waals surface area (Å²) in [5.41, 5.74) is -0.384. The van der Waals surface area contributed by atoms with E-state index in [0.29, 0.717) is 0 Å². The van der Waals surface area contributed by atoms with Gasteiger partial charge < -0.3 is 10.1 Å². The summed E-state index contributed by atoms with van der Waals surface area (Å²) in [6, 6.07) is 5.18. The molecule has 0 radical (unpaired) electrons. The van der Waals surface area contributed by atoms with E-state index in [1.54, 1.807) is 0 Å². The Morgan fingerprint density at radius 3 is 2.55 bits per heavy atom. The highest BCUT2D eigenvalue weighted by Gasteiger charge is 2.32. The Kier molecular flexibility index (Phi) is 3.73. The first-order chi connectivity index (χ1) is 9.40. The fourth-order valence-electron chi connectivity index (χ4n) is 1.55. The minimum Gasteiger partial charge on any atom is -0.405 e. The standard InChI is InChI=1S/C12H9F4N3O/c1-17-11-18-6-8(13)10(19-11)7-4-2-3-5-9(7)20-12(14,15)16/h2-6H,1H3,(H,17,18,19). The summed E-state index contributed by atoms with van der Waals surface area (Å²) in [6.07, 6.45) is -4.00. The summed E-state index contributed by atoms with van der Waals surface area (Å²) in [7, 11) is 1.51. The molecule has 0 spiro atoms. The van der Waals surface area contributed by atoms with Crippen LogP contribution in [0.4, 0.5) is 23.5 Å². The highest BCUT2D eigenvalue weighted by atomic mass is 19.4. The third kappa shape index (κ3) is 3.14. The van der Waals surface area contributed by atoms with Crippen LogP contribution < -0.4 is 10.1 Å². The van der Waals surface area contributed by atoms with Gasteiger partial charge in [0, 0.05) is 12.6 Å². The van der Waals surface area contributed by atoms with Crippen LogP contribution in [0, 0.1) is 5.82 Å². The SMILES string of the molecule is CNc1ncc(F)c(-c2ccccc2OC(F)(F)F)n1. The first-order valence-electron chi connectivity index (χ1n) is 5.46.